The second-order valence-corrected chi connectivity index (χ2v) is 5.47. The molecule has 2 saturated carbocycles. The van der Waals surface area contributed by atoms with E-state index in [2.05, 4.69) is 0 Å². The number of fused-ring (bicyclic) bond motifs is 1. The number of hydrogen-bond acceptors (Lipinski definition) is 2. The summed E-state index contributed by atoms with van der Waals surface area (Å²) in [5, 5.41) is 8.95. The third-order valence-corrected chi connectivity index (χ3v) is 4.52. The summed E-state index contributed by atoms with van der Waals surface area (Å²) in [4.78, 5) is 10.9. The van der Waals surface area contributed by atoms with Gasteiger partial charge in [0, 0.05) is 0 Å². The van der Waals surface area contributed by atoms with Crippen LogP contribution in [0.1, 0.15) is 44.9 Å². The molecule has 15 heavy (non-hydrogen) atoms. The predicted molar refractivity (Wildman–Crippen MR) is 58.4 cm³/mol. The van der Waals surface area contributed by atoms with E-state index < -0.39 is 5.97 Å². The van der Waals surface area contributed by atoms with E-state index in [4.69, 9.17) is 10.8 Å². The van der Waals surface area contributed by atoms with Crippen LogP contribution in [0.3, 0.4) is 0 Å². The van der Waals surface area contributed by atoms with Crippen LogP contribution in [0, 0.1) is 17.3 Å². The monoisotopic (exact) mass is 211 g/mol. The lowest BCUT2D eigenvalue weighted by atomic mass is 9.65. The molecule has 0 aliphatic heterocycles. The molecule has 86 valence electrons. The summed E-state index contributed by atoms with van der Waals surface area (Å²) >= 11 is 0. The Morgan fingerprint density at radius 1 is 1.33 bits per heavy atom. The van der Waals surface area contributed by atoms with Gasteiger partial charge in [-0.3, -0.25) is 4.79 Å². The van der Waals surface area contributed by atoms with Gasteiger partial charge >= 0.3 is 5.97 Å². The van der Waals surface area contributed by atoms with E-state index in [1.165, 1.54) is 25.7 Å². The number of hydrogen-bond donors (Lipinski definition) is 2. The van der Waals surface area contributed by atoms with Crippen LogP contribution in [0.5, 0.6) is 0 Å². The second-order valence-electron chi connectivity index (χ2n) is 5.47. The highest BCUT2D eigenvalue weighted by molar-refractivity contribution is 5.67. The molecule has 2 fully saturated rings. The minimum atomic E-state index is -0.683. The Morgan fingerprint density at radius 2 is 2.07 bits per heavy atom. The third-order valence-electron chi connectivity index (χ3n) is 4.52. The number of nitrogens with two attached hydrogens (primary N) is 1. The van der Waals surface area contributed by atoms with Crippen molar-refractivity contribution in [1.82, 2.24) is 0 Å². The number of carbonyl (C=O) groups is 1. The molecule has 2 rings (SSSR count). The topological polar surface area (TPSA) is 63.3 Å². The van der Waals surface area contributed by atoms with Crippen molar-refractivity contribution in [1.29, 1.82) is 0 Å². The van der Waals surface area contributed by atoms with Gasteiger partial charge in [-0.25, -0.2) is 0 Å². The maximum absolute atomic E-state index is 10.9. The second kappa shape index (κ2) is 4.12. The lowest BCUT2D eigenvalue weighted by Crippen LogP contribution is -2.39. The largest absolute Gasteiger partial charge is 0.481 e. The van der Waals surface area contributed by atoms with Crippen molar-refractivity contribution in [3.8, 4) is 0 Å². The maximum atomic E-state index is 10.9. The van der Waals surface area contributed by atoms with Crippen LogP contribution in [-0.2, 0) is 4.79 Å². The number of carboxylic acid groups (broad SMARTS) is 1. The zero-order valence-electron chi connectivity index (χ0n) is 9.24. The van der Waals surface area contributed by atoms with Crippen molar-refractivity contribution in [2.45, 2.75) is 44.9 Å². The quantitative estimate of drug-likeness (QED) is 0.750. The molecular weight excluding hydrogens is 190 g/mol. The van der Waals surface area contributed by atoms with Gasteiger partial charge in [-0.2, -0.15) is 0 Å². The van der Waals surface area contributed by atoms with Gasteiger partial charge in [0.1, 0.15) is 0 Å². The molecule has 3 N–H and O–H groups in total. The van der Waals surface area contributed by atoms with Crippen molar-refractivity contribution in [2.24, 2.45) is 23.0 Å². The molecule has 0 saturated heterocycles. The van der Waals surface area contributed by atoms with E-state index in [9.17, 15) is 4.79 Å². The van der Waals surface area contributed by atoms with Crippen LogP contribution in [0.2, 0.25) is 0 Å². The highest BCUT2D eigenvalue weighted by Gasteiger charge is 2.42. The average molecular weight is 211 g/mol. The van der Waals surface area contributed by atoms with Crippen LogP contribution < -0.4 is 5.73 Å². The first-order valence-electron chi connectivity index (χ1n) is 6.07. The first kappa shape index (κ1) is 10.9. The SMILES string of the molecule is NC[C@]1(CC(=O)O)CCC2CCCC2C1. The van der Waals surface area contributed by atoms with Crippen molar-refractivity contribution < 1.29 is 9.90 Å². The zero-order valence-corrected chi connectivity index (χ0v) is 9.24. The Labute approximate surface area is 91.0 Å². The van der Waals surface area contributed by atoms with E-state index in [1.807, 2.05) is 0 Å². The summed E-state index contributed by atoms with van der Waals surface area (Å²) in [7, 11) is 0. The van der Waals surface area contributed by atoms with Gasteiger partial charge in [-0.15, -0.1) is 0 Å². The third kappa shape index (κ3) is 2.17. The van der Waals surface area contributed by atoms with Crippen molar-refractivity contribution in [3.05, 3.63) is 0 Å². The molecule has 0 amide bonds. The molecule has 3 heteroatoms. The molecule has 0 aromatic rings. The highest BCUT2D eigenvalue weighted by Crippen LogP contribution is 2.50. The Kier molecular flexibility index (Phi) is 3.01. The van der Waals surface area contributed by atoms with Gasteiger partial charge < -0.3 is 10.8 Å². The van der Waals surface area contributed by atoms with E-state index in [1.54, 1.807) is 0 Å². The van der Waals surface area contributed by atoms with Crippen molar-refractivity contribution in [3.63, 3.8) is 0 Å². The van der Waals surface area contributed by atoms with Gasteiger partial charge in [-0.05, 0) is 43.1 Å². The molecule has 0 aromatic heterocycles. The van der Waals surface area contributed by atoms with E-state index in [0.717, 1.165) is 24.7 Å². The Balaban J connectivity index is 2.04. The fraction of sp³-hybridized carbons (Fsp3) is 0.917. The minimum absolute atomic E-state index is 0.0860. The van der Waals surface area contributed by atoms with Gasteiger partial charge in [0.15, 0.2) is 0 Å². The molecule has 0 bridgehead atoms. The first-order valence-corrected chi connectivity index (χ1v) is 6.07. The van der Waals surface area contributed by atoms with Crippen molar-refractivity contribution >= 4 is 5.97 Å². The molecule has 3 nitrogen and oxygen atoms in total. The lowest BCUT2D eigenvalue weighted by molar-refractivity contribution is -0.140. The van der Waals surface area contributed by atoms with Crippen LogP contribution >= 0.6 is 0 Å². The lowest BCUT2D eigenvalue weighted by Gasteiger charge is -2.41. The normalized spacial score (nSPS) is 40.1. The van der Waals surface area contributed by atoms with Crippen molar-refractivity contribution in [2.75, 3.05) is 6.54 Å². The zero-order chi connectivity index (χ0) is 10.9. The van der Waals surface area contributed by atoms with E-state index >= 15 is 0 Å². The molecule has 2 unspecified atom stereocenters. The summed E-state index contributed by atoms with van der Waals surface area (Å²) in [5.41, 5.74) is 5.72. The molecule has 0 heterocycles. The standard InChI is InChI=1S/C12H21NO2/c13-8-12(7-11(14)15)5-4-9-2-1-3-10(9)6-12/h9-10H,1-8,13H2,(H,14,15)/t9?,10?,12-/m1/s1. The summed E-state index contributed by atoms with van der Waals surface area (Å²) in [5.74, 6) is 0.956. The van der Waals surface area contributed by atoms with Crippen LogP contribution in [0.4, 0.5) is 0 Å². The Bertz CT molecular complexity index is 254. The summed E-state index contributed by atoms with van der Waals surface area (Å²) < 4.78 is 0. The molecule has 2 aliphatic carbocycles. The van der Waals surface area contributed by atoms with Gasteiger partial charge in [0.05, 0.1) is 6.42 Å². The fourth-order valence-corrected chi connectivity index (χ4v) is 3.65. The Morgan fingerprint density at radius 3 is 2.73 bits per heavy atom. The summed E-state index contributed by atoms with van der Waals surface area (Å²) in [6.07, 6.45) is 7.55. The predicted octanol–water partition coefficient (Wildman–Crippen LogP) is 2.01. The molecule has 0 spiro atoms. The minimum Gasteiger partial charge on any atom is -0.481 e. The molecule has 0 radical (unpaired) electrons. The average Bonchev–Trinajstić information content (AvgIpc) is 2.63. The molecule has 0 aromatic carbocycles. The van der Waals surface area contributed by atoms with E-state index in [-0.39, 0.29) is 11.8 Å². The van der Waals surface area contributed by atoms with Crippen LogP contribution in [-0.4, -0.2) is 17.6 Å². The number of carboxylic acids is 1. The summed E-state index contributed by atoms with van der Waals surface area (Å²) in [6.45, 7) is 0.544. The smallest absolute Gasteiger partial charge is 0.303 e. The van der Waals surface area contributed by atoms with Gasteiger partial charge in [0.25, 0.3) is 0 Å². The highest BCUT2D eigenvalue weighted by atomic mass is 16.4. The fourth-order valence-electron chi connectivity index (χ4n) is 3.65. The number of aliphatic carboxylic acids is 1. The summed E-state index contributed by atoms with van der Waals surface area (Å²) in [6, 6.07) is 0. The molecule has 3 atom stereocenters. The first-order chi connectivity index (χ1) is 7.15. The molecule has 2 aliphatic rings. The molecular formula is C12H21NO2. The maximum Gasteiger partial charge on any atom is 0.303 e. The van der Waals surface area contributed by atoms with E-state index in [0.29, 0.717) is 6.54 Å². The van der Waals surface area contributed by atoms with Gasteiger partial charge in [-0.1, -0.05) is 19.3 Å². The number of rotatable bonds is 3. The van der Waals surface area contributed by atoms with Gasteiger partial charge in [0.2, 0.25) is 0 Å². The van der Waals surface area contributed by atoms with Crippen LogP contribution in [0.25, 0.3) is 0 Å². The Hall–Kier alpha value is -0.570. The van der Waals surface area contributed by atoms with Crippen LogP contribution in [0.15, 0.2) is 0 Å².